The van der Waals surface area contributed by atoms with Crippen molar-refractivity contribution in [3.8, 4) is 46.0 Å². The number of hydrogen-bond donors (Lipinski definition) is 8. The van der Waals surface area contributed by atoms with Gasteiger partial charge in [-0.05, 0) is 136 Å². The van der Waals surface area contributed by atoms with Crippen molar-refractivity contribution in [2.75, 3.05) is 14.1 Å². The van der Waals surface area contributed by atoms with Crippen LogP contribution in [0.5, 0.6) is 46.0 Å². The van der Waals surface area contributed by atoms with Crippen molar-refractivity contribution in [3.05, 3.63) is 231 Å². The lowest BCUT2D eigenvalue weighted by Gasteiger charge is -2.22. The number of rotatable bonds is 0. The van der Waals surface area contributed by atoms with Crippen LogP contribution in [0.3, 0.4) is 0 Å². The molecule has 404 valence electrons. The quantitative estimate of drug-likeness (QED) is 0.0732. The summed E-state index contributed by atoms with van der Waals surface area (Å²) in [7, 11) is 3.88. The molecule has 1 heterocycles. The molecule has 78 heavy (non-hydrogen) atoms. The number of hydrogen-bond acceptors (Lipinski definition) is 10. The van der Waals surface area contributed by atoms with Gasteiger partial charge in [-0.2, -0.15) is 0 Å². The molecular weight excluding hydrogens is 973 g/mol. The Kier molecular flexibility index (Phi) is 15.6. The molecule has 0 amide bonds. The highest BCUT2D eigenvalue weighted by atomic mass is 16.3. The van der Waals surface area contributed by atoms with E-state index in [1.165, 1.54) is 0 Å². The molecule has 16 bridgehead atoms. The molecule has 0 saturated heterocycles. The topological polar surface area (TPSA) is 168 Å². The van der Waals surface area contributed by atoms with Crippen LogP contribution >= 0.6 is 0 Å². The highest BCUT2D eigenvalue weighted by molar-refractivity contribution is 5.58. The van der Waals surface area contributed by atoms with Crippen molar-refractivity contribution in [1.29, 1.82) is 0 Å². The number of aromatic hydroxyl groups is 8. The van der Waals surface area contributed by atoms with Gasteiger partial charge in [-0.25, -0.2) is 0 Å². The highest BCUT2D eigenvalue weighted by Gasteiger charge is 2.23. The maximum atomic E-state index is 12.0. The molecule has 10 nitrogen and oxygen atoms in total. The molecule has 0 aromatic heterocycles. The summed E-state index contributed by atoms with van der Waals surface area (Å²) in [6.07, 6.45) is 1.53. The van der Waals surface area contributed by atoms with Crippen LogP contribution in [0.25, 0.3) is 0 Å². The Morgan fingerprint density at radius 1 is 0.205 bits per heavy atom. The first-order valence-electron chi connectivity index (χ1n) is 26.8. The Bertz CT molecular complexity index is 3180. The zero-order valence-electron chi connectivity index (χ0n) is 46.8. The first-order chi connectivity index (χ1) is 37.0. The molecule has 0 aliphatic carbocycles. The van der Waals surface area contributed by atoms with E-state index in [0.29, 0.717) is 115 Å². The molecule has 0 spiro atoms. The number of nitrogens with zero attached hydrogens (tertiary/aromatic N) is 2. The maximum Gasteiger partial charge on any atom is 0.123 e. The summed E-state index contributed by atoms with van der Waals surface area (Å²) >= 11 is 0. The standard InChI is InChI=1S/C68H74N2O8/c1-37-11-45-27-46-12-38(2)16-50(62(46)72)30-54-20-42(6)24-59(66(54)76)35-70(10)36-60-26-44(8)22-56(68(60)78)32-52-18-40(4)14-48(64(52)74)28-47-13-39(3)17-51(63(47)73)31-55-21-43(7)25-58(67(55)77)34-69(9)33-57-23-41(5)19-53(65(57)75)29-49(15-37)61(45)71/h11-26,71-78H,27-36H2,1-10H3. The van der Waals surface area contributed by atoms with Gasteiger partial charge in [0.25, 0.3) is 0 Å². The Labute approximate surface area is 459 Å². The Morgan fingerprint density at radius 3 is 0.436 bits per heavy atom. The molecule has 8 aromatic carbocycles. The van der Waals surface area contributed by atoms with Gasteiger partial charge in [0, 0.05) is 87.0 Å². The fourth-order valence-electron chi connectivity index (χ4n) is 12.1. The van der Waals surface area contributed by atoms with E-state index in [1.54, 1.807) is 0 Å². The first-order valence-corrected chi connectivity index (χ1v) is 26.8. The summed E-state index contributed by atoms with van der Waals surface area (Å²) in [6.45, 7) is 17.3. The molecule has 8 aromatic rings. The lowest BCUT2D eigenvalue weighted by Crippen LogP contribution is -2.18. The van der Waals surface area contributed by atoms with E-state index in [9.17, 15) is 40.9 Å². The minimum Gasteiger partial charge on any atom is -0.507 e. The van der Waals surface area contributed by atoms with Crippen molar-refractivity contribution < 1.29 is 40.9 Å². The van der Waals surface area contributed by atoms with E-state index in [-0.39, 0.29) is 84.5 Å². The van der Waals surface area contributed by atoms with Gasteiger partial charge in [-0.15, -0.1) is 0 Å². The summed E-state index contributed by atoms with van der Waals surface area (Å²) in [5.41, 5.74) is 18.1. The van der Waals surface area contributed by atoms with Gasteiger partial charge in [0.15, 0.2) is 0 Å². The smallest absolute Gasteiger partial charge is 0.123 e. The fourth-order valence-corrected chi connectivity index (χ4v) is 12.1. The first kappa shape index (κ1) is 54.9. The van der Waals surface area contributed by atoms with Crippen molar-refractivity contribution in [2.45, 2.75) is 120 Å². The second-order valence-corrected chi connectivity index (χ2v) is 22.9. The SMILES string of the molecule is Cc1cc2c(O)c(c1)Cc1cc(C)cc(c1O)CN(C)Cc1cc(C)cc(c1O)Cc1cc(C)cc(c1O)Cc1cc(C)cc(c1O)Cc1cc(C)cc(c1O)CN(C)Cc1cc(C)cc(c1O)Cc1cc(C)cc(c1O)C2. The summed E-state index contributed by atoms with van der Waals surface area (Å²) in [6, 6.07) is 31.0. The van der Waals surface area contributed by atoms with E-state index < -0.39 is 0 Å². The fraction of sp³-hybridized carbons (Fsp3) is 0.294. The Morgan fingerprint density at radius 2 is 0.308 bits per heavy atom. The van der Waals surface area contributed by atoms with Crippen LogP contribution in [-0.4, -0.2) is 64.7 Å². The lowest BCUT2D eigenvalue weighted by molar-refractivity contribution is 0.306. The van der Waals surface area contributed by atoms with Gasteiger partial charge in [0.05, 0.1) is 0 Å². The van der Waals surface area contributed by atoms with Gasteiger partial charge < -0.3 is 40.9 Å². The van der Waals surface area contributed by atoms with Crippen molar-refractivity contribution >= 4 is 0 Å². The number of fused-ring (bicyclic) bond motifs is 16. The Balaban J connectivity index is 1.12. The molecule has 0 radical (unpaired) electrons. The molecular formula is C68H74N2O8. The average molecular weight is 1050 g/mol. The van der Waals surface area contributed by atoms with Crippen molar-refractivity contribution in [2.24, 2.45) is 0 Å². The van der Waals surface area contributed by atoms with Crippen LogP contribution in [0, 0.1) is 55.4 Å². The zero-order chi connectivity index (χ0) is 56.0. The molecule has 9 rings (SSSR count). The van der Waals surface area contributed by atoms with E-state index >= 15 is 0 Å². The monoisotopic (exact) mass is 1050 g/mol. The number of phenols is 8. The summed E-state index contributed by atoms with van der Waals surface area (Å²) < 4.78 is 0. The minimum atomic E-state index is 0.0935. The van der Waals surface area contributed by atoms with E-state index in [2.05, 4.69) is 0 Å². The lowest BCUT2D eigenvalue weighted by atomic mass is 9.91. The molecule has 0 fully saturated rings. The van der Waals surface area contributed by atoms with Crippen LogP contribution in [0.2, 0.25) is 0 Å². The molecule has 8 N–H and O–H groups in total. The van der Waals surface area contributed by atoms with Gasteiger partial charge >= 0.3 is 0 Å². The second-order valence-electron chi connectivity index (χ2n) is 22.9. The van der Waals surface area contributed by atoms with Crippen LogP contribution in [0.15, 0.2) is 97.1 Å². The second kappa shape index (κ2) is 22.2. The summed E-state index contributed by atoms with van der Waals surface area (Å²) in [5, 5.41) is 95.5. The van der Waals surface area contributed by atoms with E-state index in [4.69, 9.17) is 0 Å². The third-order valence-corrected chi connectivity index (χ3v) is 15.3. The third-order valence-electron chi connectivity index (χ3n) is 15.3. The minimum absolute atomic E-state index is 0.0935. The Hall–Kier alpha value is -7.92. The maximum absolute atomic E-state index is 12.0. The van der Waals surface area contributed by atoms with Gasteiger partial charge in [-0.3, -0.25) is 9.80 Å². The van der Waals surface area contributed by atoms with Crippen molar-refractivity contribution in [3.63, 3.8) is 0 Å². The number of benzene rings is 8. The van der Waals surface area contributed by atoms with Crippen LogP contribution in [0.4, 0.5) is 0 Å². The van der Waals surface area contributed by atoms with E-state index in [1.807, 2.05) is 176 Å². The molecule has 1 aliphatic rings. The molecule has 1 aliphatic heterocycles. The zero-order valence-corrected chi connectivity index (χ0v) is 46.8. The van der Waals surface area contributed by atoms with Crippen LogP contribution in [0.1, 0.15) is 134 Å². The predicted octanol–water partition coefficient (Wildman–Crippen LogP) is 12.9. The highest BCUT2D eigenvalue weighted by Crippen LogP contribution is 2.41. The molecule has 10 heteroatoms. The molecule has 0 unspecified atom stereocenters. The normalized spacial score (nSPS) is 14.1. The summed E-state index contributed by atoms with van der Waals surface area (Å²) in [5.74, 6) is 0.901. The number of phenolic OH excluding ortho intramolecular Hbond substituents is 8. The van der Waals surface area contributed by atoms with E-state index in [0.717, 1.165) is 44.5 Å². The average Bonchev–Trinajstić information content (AvgIpc) is 3.38. The van der Waals surface area contributed by atoms with Crippen molar-refractivity contribution in [1.82, 2.24) is 9.80 Å². The van der Waals surface area contributed by atoms with Crippen LogP contribution in [-0.2, 0) is 64.7 Å². The number of aryl methyl sites for hydroxylation is 8. The predicted molar refractivity (Wildman–Crippen MR) is 310 cm³/mol. The largest absolute Gasteiger partial charge is 0.507 e. The molecule has 0 saturated carbocycles. The van der Waals surface area contributed by atoms with Crippen LogP contribution < -0.4 is 0 Å². The van der Waals surface area contributed by atoms with Gasteiger partial charge in [-0.1, -0.05) is 142 Å². The third kappa shape index (κ3) is 12.0. The van der Waals surface area contributed by atoms with Gasteiger partial charge in [0.1, 0.15) is 46.0 Å². The summed E-state index contributed by atoms with van der Waals surface area (Å²) in [4.78, 5) is 4.08. The molecule has 0 atom stereocenters. The van der Waals surface area contributed by atoms with Gasteiger partial charge in [0.2, 0.25) is 0 Å².